The number of likely N-dealkylation sites (N-methyl/N-ethyl adjacent to an activating group) is 1. The summed E-state index contributed by atoms with van der Waals surface area (Å²) >= 11 is 0. The van der Waals surface area contributed by atoms with Crippen molar-refractivity contribution in [2.75, 3.05) is 13.6 Å². The van der Waals surface area contributed by atoms with Crippen LogP contribution in [0, 0.1) is 5.92 Å². The highest BCUT2D eigenvalue weighted by atomic mass is 16.3. The van der Waals surface area contributed by atoms with E-state index in [1.165, 1.54) is 45.1 Å². The van der Waals surface area contributed by atoms with Crippen LogP contribution in [-0.2, 0) is 17.4 Å². The van der Waals surface area contributed by atoms with Crippen molar-refractivity contribution in [2.24, 2.45) is 5.92 Å². The van der Waals surface area contributed by atoms with E-state index in [2.05, 4.69) is 30.1 Å². The van der Waals surface area contributed by atoms with Gasteiger partial charge in [0, 0.05) is 11.5 Å². The third kappa shape index (κ3) is 2.00. The summed E-state index contributed by atoms with van der Waals surface area (Å²) in [6, 6.07) is 7.54. The molecule has 1 saturated carbocycles. The van der Waals surface area contributed by atoms with Gasteiger partial charge in [0.2, 0.25) is 0 Å². The first-order valence-corrected chi connectivity index (χ1v) is 8.98. The van der Waals surface area contributed by atoms with Crippen molar-refractivity contribution in [1.29, 1.82) is 0 Å². The predicted octanol–water partition coefficient (Wildman–Crippen LogP) is 3.60. The van der Waals surface area contributed by atoms with Gasteiger partial charge in [-0.15, -0.1) is 0 Å². The second-order valence-corrected chi connectivity index (χ2v) is 8.44. The highest BCUT2D eigenvalue weighted by molar-refractivity contribution is 5.44. The maximum atomic E-state index is 10.4. The molecule has 1 aliphatic heterocycles. The SMILES string of the molecule is CN1CC[C@]23CCCC[C@H]2[C@H]1Cc1ccc(C(C)(C)O)cc13. The molecule has 2 heteroatoms. The Hall–Kier alpha value is -0.860. The molecule has 0 aromatic heterocycles. The van der Waals surface area contributed by atoms with E-state index < -0.39 is 5.60 Å². The lowest BCUT2D eigenvalue weighted by Crippen LogP contribution is -2.59. The molecule has 0 spiro atoms. The van der Waals surface area contributed by atoms with E-state index in [4.69, 9.17) is 0 Å². The van der Waals surface area contributed by atoms with Crippen LogP contribution in [0.2, 0.25) is 0 Å². The quantitative estimate of drug-likeness (QED) is 0.856. The van der Waals surface area contributed by atoms with Gasteiger partial charge < -0.3 is 10.0 Å². The molecule has 1 heterocycles. The van der Waals surface area contributed by atoms with E-state index in [1.807, 2.05) is 13.8 Å². The van der Waals surface area contributed by atoms with Crippen molar-refractivity contribution in [3.8, 4) is 0 Å². The molecule has 2 bridgehead atoms. The van der Waals surface area contributed by atoms with Crippen molar-refractivity contribution in [3.63, 3.8) is 0 Å². The molecule has 4 rings (SSSR count). The molecule has 2 fully saturated rings. The molecular weight excluding hydrogens is 270 g/mol. The predicted molar refractivity (Wildman–Crippen MR) is 90.1 cm³/mol. The number of rotatable bonds is 1. The summed E-state index contributed by atoms with van der Waals surface area (Å²) in [5.41, 5.74) is 3.87. The lowest BCUT2D eigenvalue weighted by atomic mass is 9.52. The summed E-state index contributed by atoms with van der Waals surface area (Å²) in [4.78, 5) is 2.61. The van der Waals surface area contributed by atoms with Gasteiger partial charge in [-0.1, -0.05) is 31.0 Å². The Kier molecular flexibility index (Phi) is 3.22. The molecule has 0 unspecified atom stereocenters. The van der Waals surface area contributed by atoms with E-state index in [0.717, 1.165) is 17.5 Å². The van der Waals surface area contributed by atoms with E-state index in [1.54, 1.807) is 11.1 Å². The van der Waals surface area contributed by atoms with Crippen LogP contribution in [0.5, 0.6) is 0 Å². The minimum absolute atomic E-state index is 0.393. The van der Waals surface area contributed by atoms with Crippen molar-refractivity contribution in [1.82, 2.24) is 4.90 Å². The third-order valence-electron chi connectivity index (χ3n) is 6.82. The van der Waals surface area contributed by atoms with Crippen molar-refractivity contribution in [3.05, 3.63) is 34.9 Å². The fraction of sp³-hybridized carbons (Fsp3) is 0.700. The van der Waals surface area contributed by atoms with Crippen LogP contribution >= 0.6 is 0 Å². The van der Waals surface area contributed by atoms with Crippen LogP contribution in [-0.4, -0.2) is 29.6 Å². The van der Waals surface area contributed by atoms with Crippen LogP contribution in [0.15, 0.2) is 18.2 Å². The second kappa shape index (κ2) is 4.82. The van der Waals surface area contributed by atoms with Gasteiger partial charge in [0.15, 0.2) is 0 Å². The molecule has 22 heavy (non-hydrogen) atoms. The molecule has 1 aromatic carbocycles. The van der Waals surface area contributed by atoms with Crippen molar-refractivity contribution >= 4 is 0 Å². The molecule has 0 radical (unpaired) electrons. The fourth-order valence-electron chi connectivity index (χ4n) is 5.58. The largest absolute Gasteiger partial charge is 0.386 e. The molecule has 120 valence electrons. The molecular formula is C20H29NO. The van der Waals surface area contributed by atoms with Gasteiger partial charge in [0.1, 0.15) is 0 Å². The maximum absolute atomic E-state index is 10.4. The first-order chi connectivity index (χ1) is 10.4. The van der Waals surface area contributed by atoms with E-state index in [0.29, 0.717) is 5.41 Å². The monoisotopic (exact) mass is 299 g/mol. The number of hydrogen-bond donors (Lipinski definition) is 1. The number of benzene rings is 1. The first-order valence-electron chi connectivity index (χ1n) is 8.98. The third-order valence-corrected chi connectivity index (χ3v) is 6.82. The molecule has 1 aromatic rings. The fourth-order valence-corrected chi connectivity index (χ4v) is 5.58. The maximum Gasteiger partial charge on any atom is 0.0840 e. The average molecular weight is 299 g/mol. The van der Waals surface area contributed by atoms with E-state index in [-0.39, 0.29) is 0 Å². The number of nitrogens with zero attached hydrogens (tertiary/aromatic N) is 1. The minimum atomic E-state index is -0.738. The molecule has 1 saturated heterocycles. The molecule has 2 aliphatic carbocycles. The topological polar surface area (TPSA) is 23.5 Å². The standard InChI is InChI=1S/C20H29NO/c1-19(2,22)15-8-7-14-12-18-16-6-4-5-9-20(16,17(14)13-15)10-11-21(18)3/h7-8,13,16,18,22H,4-6,9-12H2,1-3H3/t16-,18+,20+/m0/s1. The van der Waals surface area contributed by atoms with Gasteiger partial charge in [-0.3, -0.25) is 0 Å². The Balaban J connectivity index is 1.87. The van der Waals surface area contributed by atoms with Crippen LogP contribution in [0.3, 0.4) is 0 Å². The van der Waals surface area contributed by atoms with Gasteiger partial charge in [-0.25, -0.2) is 0 Å². The van der Waals surface area contributed by atoms with Crippen molar-refractivity contribution in [2.45, 2.75) is 69.4 Å². The highest BCUT2D eigenvalue weighted by Gasteiger charge is 2.53. The van der Waals surface area contributed by atoms with Crippen molar-refractivity contribution < 1.29 is 5.11 Å². The lowest BCUT2D eigenvalue weighted by Gasteiger charge is -2.58. The summed E-state index contributed by atoms with van der Waals surface area (Å²) in [5, 5.41) is 10.4. The summed E-state index contributed by atoms with van der Waals surface area (Å²) in [7, 11) is 2.32. The number of piperidine rings is 1. The highest BCUT2D eigenvalue weighted by Crippen LogP contribution is 2.55. The molecule has 3 aliphatic rings. The Labute approximate surface area is 134 Å². The summed E-state index contributed by atoms with van der Waals surface area (Å²) in [6.45, 7) is 5.05. The van der Waals surface area contributed by atoms with Crippen LogP contribution in [0.25, 0.3) is 0 Å². The van der Waals surface area contributed by atoms with E-state index in [9.17, 15) is 5.11 Å². The smallest absolute Gasteiger partial charge is 0.0840 e. The van der Waals surface area contributed by atoms with Gasteiger partial charge >= 0.3 is 0 Å². The summed E-state index contributed by atoms with van der Waals surface area (Å²) < 4.78 is 0. The van der Waals surface area contributed by atoms with Gasteiger partial charge in [0.05, 0.1) is 5.60 Å². The van der Waals surface area contributed by atoms with Gasteiger partial charge in [0.25, 0.3) is 0 Å². The van der Waals surface area contributed by atoms with Gasteiger partial charge in [-0.2, -0.15) is 0 Å². The molecule has 0 amide bonds. The van der Waals surface area contributed by atoms with E-state index >= 15 is 0 Å². The number of fused-ring (bicyclic) bond motifs is 1. The summed E-state index contributed by atoms with van der Waals surface area (Å²) in [6.07, 6.45) is 8.01. The molecule has 2 nitrogen and oxygen atoms in total. The number of hydrogen-bond acceptors (Lipinski definition) is 2. The zero-order valence-electron chi connectivity index (χ0n) is 14.2. The minimum Gasteiger partial charge on any atom is -0.386 e. The zero-order valence-corrected chi connectivity index (χ0v) is 14.2. The Morgan fingerprint density at radius 2 is 2.05 bits per heavy atom. The van der Waals surface area contributed by atoms with Crippen LogP contribution < -0.4 is 0 Å². The normalized spacial score (nSPS) is 34.9. The lowest BCUT2D eigenvalue weighted by molar-refractivity contribution is 0.00240. The zero-order chi connectivity index (χ0) is 15.5. The Bertz CT molecular complexity index is 588. The molecule has 3 atom stereocenters. The van der Waals surface area contributed by atoms with Gasteiger partial charge in [-0.05, 0) is 75.7 Å². The first kappa shape index (κ1) is 14.7. The number of aliphatic hydroxyl groups is 1. The van der Waals surface area contributed by atoms with Crippen LogP contribution in [0.1, 0.15) is 62.6 Å². The second-order valence-electron chi connectivity index (χ2n) is 8.44. The molecule has 1 N–H and O–H groups in total. The Morgan fingerprint density at radius 1 is 1.23 bits per heavy atom. The number of likely N-dealkylation sites (tertiary alicyclic amines) is 1. The average Bonchev–Trinajstić information content (AvgIpc) is 2.49. The Morgan fingerprint density at radius 3 is 2.82 bits per heavy atom. The summed E-state index contributed by atoms with van der Waals surface area (Å²) in [5.74, 6) is 0.824. The van der Waals surface area contributed by atoms with Crippen LogP contribution in [0.4, 0.5) is 0 Å².